The molecule has 5 atom stereocenters. The van der Waals surface area contributed by atoms with E-state index in [0.29, 0.717) is 5.69 Å². The second kappa shape index (κ2) is 7.23. The van der Waals surface area contributed by atoms with E-state index in [1.165, 1.54) is 10.6 Å². The van der Waals surface area contributed by atoms with Crippen molar-refractivity contribution in [2.75, 3.05) is 11.7 Å². The average Bonchev–Trinajstić information content (AvgIpc) is 2.53. The Hall–Kier alpha value is -1.13. The van der Waals surface area contributed by atoms with E-state index in [1.807, 2.05) is 6.07 Å². The first-order valence-corrected chi connectivity index (χ1v) is 6.82. The third kappa shape index (κ3) is 3.55. The first-order valence-electron chi connectivity index (χ1n) is 6.35. The molecular formula is C13H17NO6S. The summed E-state index contributed by atoms with van der Waals surface area (Å²) >= 11 is 4.85. The van der Waals surface area contributed by atoms with Crippen LogP contribution in [0.4, 0.5) is 5.69 Å². The van der Waals surface area contributed by atoms with Crippen molar-refractivity contribution >= 4 is 23.4 Å². The van der Waals surface area contributed by atoms with Gasteiger partial charge >= 0.3 is 0 Å². The van der Waals surface area contributed by atoms with Gasteiger partial charge in [0.1, 0.15) is 24.4 Å². The van der Waals surface area contributed by atoms with E-state index in [-0.39, 0.29) is 0 Å². The molecule has 1 aliphatic heterocycles. The summed E-state index contributed by atoms with van der Waals surface area (Å²) in [6, 6.07) is 8.83. The van der Waals surface area contributed by atoms with E-state index in [2.05, 4.69) is 0 Å². The molecule has 1 aliphatic rings. The molecule has 7 nitrogen and oxygen atoms in total. The minimum atomic E-state index is -1.50. The van der Waals surface area contributed by atoms with Crippen LogP contribution in [-0.2, 0) is 9.57 Å². The van der Waals surface area contributed by atoms with Gasteiger partial charge in [0.2, 0.25) is 6.29 Å². The zero-order valence-electron chi connectivity index (χ0n) is 11.0. The van der Waals surface area contributed by atoms with Crippen LogP contribution in [0.15, 0.2) is 30.3 Å². The van der Waals surface area contributed by atoms with Crippen LogP contribution in [0.1, 0.15) is 0 Å². The second-order valence-corrected chi connectivity index (χ2v) is 4.78. The van der Waals surface area contributed by atoms with Gasteiger partial charge in [0.25, 0.3) is 0 Å². The van der Waals surface area contributed by atoms with Gasteiger partial charge in [0, 0.05) is 0 Å². The highest BCUT2D eigenvalue weighted by Crippen LogP contribution is 2.24. The molecule has 4 N–H and O–H groups in total. The zero-order valence-corrected chi connectivity index (χ0v) is 11.8. The maximum Gasteiger partial charge on any atom is 0.213 e. The number of aliphatic hydroxyl groups is 4. The number of aliphatic hydroxyl groups excluding tert-OH is 4. The summed E-state index contributed by atoms with van der Waals surface area (Å²) in [5.41, 5.74) is 1.81. The fourth-order valence-corrected chi connectivity index (χ4v) is 2.16. The van der Waals surface area contributed by atoms with Gasteiger partial charge in [-0.05, 0) is 12.1 Å². The SMILES string of the molecule is OC[C@H]1O[C@@H](ON(C=S)c2ccccc2)[C@H](O)[C@@H](O)[C@@H]1O. The van der Waals surface area contributed by atoms with Crippen molar-refractivity contribution in [2.24, 2.45) is 0 Å². The fraction of sp³-hybridized carbons (Fsp3) is 0.462. The van der Waals surface area contributed by atoms with Crippen LogP contribution >= 0.6 is 12.2 Å². The van der Waals surface area contributed by atoms with Crippen molar-refractivity contribution in [3.05, 3.63) is 30.3 Å². The minimum absolute atomic E-state index is 0.520. The van der Waals surface area contributed by atoms with E-state index < -0.39 is 37.3 Å². The Morgan fingerprint density at radius 1 is 1.14 bits per heavy atom. The first-order chi connectivity index (χ1) is 10.1. The fourth-order valence-electron chi connectivity index (χ4n) is 1.99. The molecule has 0 saturated carbocycles. The van der Waals surface area contributed by atoms with Gasteiger partial charge in [-0.15, -0.1) is 0 Å². The summed E-state index contributed by atoms with van der Waals surface area (Å²) < 4.78 is 5.24. The molecule has 0 amide bonds. The molecule has 1 saturated heterocycles. The van der Waals surface area contributed by atoms with Crippen LogP contribution in [0.25, 0.3) is 0 Å². The minimum Gasteiger partial charge on any atom is -0.394 e. The van der Waals surface area contributed by atoms with Crippen molar-refractivity contribution in [3.63, 3.8) is 0 Å². The van der Waals surface area contributed by atoms with E-state index in [4.69, 9.17) is 26.9 Å². The normalized spacial score (nSPS) is 32.7. The molecule has 0 spiro atoms. The number of hydroxylamine groups is 1. The monoisotopic (exact) mass is 315 g/mol. The molecule has 0 unspecified atom stereocenters. The van der Waals surface area contributed by atoms with Crippen LogP contribution in [0, 0.1) is 0 Å². The Kier molecular flexibility index (Phi) is 5.59. The first kappa shape index (κ1) is 16.2. The van der Waals surface area contributed by atoms with Crippen LogP contribution < -0.4 is 5.06 Å². The highest BCUT2D eigenvalue weighted by molar-refractivity contribution is 7.79. The lowest BCUT2D eigenvalue weighted by molar-refractivity contribution is -0.300. The number of nitrogens with zero attached hydrogens (tertiary/aromatic N) is 1. The van der Waals surface area contributed by atoms with E-state index in [1.54, 1.807) is 24.3 Å². The highest BCUT2D eigenvalue weighted by atomic mass is 32.1. The van der Waals surface area contributed by atoms with Crippen LogP contribution in [0.5, 0.6) is 0 Å². The zero-order chi connectivity index (χ0) is 15.4. The van der Waals surface area contributed by atoms with Crippen molar-refractivity contribution in [1.29, 1.82) is 0 Å². The number of ether oxygens (including phenoxy) is 1. The largest absolute Gasteiger partial charge is 0.394 e. The molecule has 0 radical (unpaired) electrons. The summed E-state index contributed by atoms with van der Waals surface area (Å²) in [6.45, 7) is -0.520. The molecule has 2 rings (SSSR count). The molecule has 0 bridgehead atoms. The van der Waals surface area contributed by atoms with Gasteiger partial charge in [0.15, 0.2) is 0 Å². The number of thiocarbonyl (C=S) groups is 1. The Morgan fingerprint density at radius 2 is 1.81 bits per heavy atom. The van der Waals surface area contributed by atoms with Gasteiger partial charge in [-0.2, -0.15) is 0 Å². The topological polar surface area (TPSA) is 103 Å². The Labute approximate surface area is 126 Å². The van der Waals surface area contributed by atoms with Crippen molar-refractivity contribution in [1.82, 2.24) is 0 Å². The summed E-state index contributed by atoms with van der Waals surface area (Å²) in [5, 5.41) is 39.6. The van der Waals surface area contributed by atoms with E-state index in [0.717, 1.165) is 0 Å². The Bertz CT molecular complexity index is 459. The van der Waals surface area contributed by atoms with Crippen molar-refractivity contribution in [2.45, 2.75) is 30.7 Å². The Balaban J connectivity index is 2.11. The number of hydrogen-bond acceptors (Lipinski definition) is 7. The molecule has 1 fully saturated rings. The summed E-state index contributed by atoms with van der Waals surface area (Å²) in [7, 11) is 0. The lowest BCUT2D eigenvalue weighted by atomic mass is 9.99. The molecular weight excluding hydrogens is 298 g/mol. The van der Waals surface area contributed by atoms with Gasteiger partial charge in [-0.25, -0.2) is 9.90 Å². The standard InChI is InChI=1S/C13H17NO6S/c15-6-9-10(16)11(17)12(18)13(19-9)20-14(7-21)8-4-2-1-3-5-8/h1-5,7,9-13,15-18H,6H2/t9-,10-,11+,12-,13+/m1/s1. The van der Waals surface area contributed by atoms with E-state index in [9.17, 15) is 15.3 Å². The van der Waals surface area contributed by atoms with Crippen LogP contribution in [0.3, 0.4) is 0 Å². The number of para-hydroxylation sites is 1. The van der Waals surface area contributed by atoms with Gasteiger partial charge < -0.3 is 25.2 Å². The molecule has 21 heavy (non-hydrogen) atoms. The smallest absolute Gasteiger partial charge is 0.213 e. The second-order valence-electron chi connectivity index (χ2n) is 4.57. The molecule has 0 aliphatic carbocycles. The molecule has 1 aromatic rings. The third-order valence-corrected chi connectivity index (χ3v) is 3.36. The number of hydrogen-bond donors (Lipinski definition) is 4. The molecule has 1 aromatic carbocycles. The van der Waals surface area contributed by atoms with Crippen molar-refractivity contribution < 1.29 is 30.0 Å². The molecule has 8 heteroatoms. The van der Waals surface area contributed by atoms with Gasteiger partial charge in [-0.1, -0.05) is 30.4 Å². The lowest BCUT2D eigenvalue weighted by Gasteiger charge is -2.40. The summed E-state index contributed by atoms with van der Waals surface area (Å²) in [4.78, 5) is 5.41. The quantitative estimate of drug-likeness (QED) is 0.413. The summed E-state index contributed by atoms with van der Waals surface area (Å²) in [6.07, 6.45) is -6.72. The summed E-state index contributed by atoms with van der Waals surface area (Å²) in [5.74, 6) is 0. The Morgan fingerprint density at radius 3 is 2.38 bits per heavy atom. The predicted molar refractivity (Wildman–Crippen MR) is 77.4 cm³/mol. The number of benzene rings is 1. The third-order valence-electron chi connectivity index (χ3n) is 3.17. The van der Waals surface area contributed by atoms with Crippen LogP contribution in [0.2, 0.25) is 0 Å². The lowest BCUT2D eigenvalue weighted by Crippen LogP contribution is -2.60. The molecule has 116 valence electrons. The van der Waals surface area contributed by atoms with Gasteiger partial charge in [0.05, 0.1) is 17.8 Å². The number of anilines is 1. The predicted octanol–water partition coefficient (Wildman–Crippen LogP) is -0.818. The van der Waals surface area contributed by atoms with Crippen molar-refractivity contribution in [3.8, 4) is 0 Å². The van der Waals surface area contributed by atoms with E-state index >= 15 is 0 Å². The van der Waals surface area contributed by atoms with Gasteiger partial charge in [-0.3, -0.25) is 0 Å². The van der Waals surface area contributed by atoms with Crippen LogP contribution in [-0.4, -0.2) is 63.2 Å². The average molecular weight is 315 g/mol. The molecule has 1 heterocycles. The maximum atomic E-state index is 9.90. The number of rotatable bonds is 5. The highest BCUT2D eigenvalue weighted by Gasteiger charge is 2.45. The maximum absolute atomic E-state index is 9.90. The molecule has 0 aromatic heterocycles.